The average Bonchev–Trinajstić information content (AvgIpc) is 1.38. The van der Waals surface area contributed by atoms with Gasteiger partial charge in [-0.25, -0.2) is 0 Å². The first-order valence-corrected chi connectivity index (χ1v) is 1.17. The lowest BCUT2D eigenvalue weighted by Crippen LogP contribution is -1.89. The molecule has 0 N–H and O–H groups in total. The molecule has 29 valence electrons. The Morgan fingerprint density at radius 3 is 2.20 bits per heavy atom. The van der Waals surface area contributed by atoms with Crippen molar-refractivity contribution >= 4 is 5.97 Å². The van der Waals surface area contributed by atoms with Crippen LogP contribution >= 0.6 is 0 Å². The number of carbonyl (C=O) groups is 1. The van der Waals surface area contributed by atoms with Gasteiger partial charge in [0.1, 0.15) is 0 Å². The molecule has 0 unspecified atom stereocenters. The molecule has 0 rings (SSSR count). The summed E-state index contributed by atoms with van der Waals surface area (Å²) in [4.78, 5) is 9.48. The molecule has 1 radical (unpaired) electrons. The van der Waals surface area contributed by atoms with E-state index in [1.54, 1.807) is 0 Å². The quantitative estimate of drug-likeness (QED) is 0.377. The molecule has 5 heavy (non-hydrogen) atoms. The summed E-state index contributed by atoms with van der Waals surface area (Å²) in [5.74, 6) is -0.495. The topological polar surface area (TPSA) is 26.3 Å². The lowest BCUT2D eigenvalue weighted by atomic mass is 10.8. The van der Waals surface area contributed by atoms with Crippen molar-refractivity contribution in [3.8, 4) is 0 Å². The number of esters is 1. The van der Waals surface area contributed by atoms with Gasteiger partial charge in [-0.15, -0.1) is 0 Å². The van der Waals surface area contributed by atoms with Crippen molar-refractivity contribution < 1.29 is 9.53 Å². The molecule has 0 aromatic carbocycles. The van der Waals surface area contributed by atoms with Crippen LogP contribution in [0, 0.1) is 6.92 Å². The second-order valence-electron chi connectivity index (χ2n) is 0.576. The average molecular weight is 73.1 g/mol. The van der Waals surface area contributed by atoms with Gasteiger partial charge in [-0.05, 0) is 0 Å². The summed E-state index contributed by atoms with van der Waals surface area (Å²) < 4.78 is 4.00. The van der Waals surface area contributed by atoms with E-state index in [1.807, 2.05) is 0 Å². The second-order valence-corrected chi connectivity index (χ2v) is 0.576. The van der Waals surface area contributed by atoms with Crippen LogP contribution in [-0.2, 0) is 9.53 Å². The van der Waals surface area contributed by atoms with E-state index in [2.05, 4.69) is 11.7 Å². The molecular weight excluding hydrogens is 68.0 g/mol. The summed E-state index contributed by atoms with van der Waals surface area (Å²) in [5.41, 5.74) is 0. The van der Waals surface area contributed by atoms with Gasteiger partial charge in [0.05, 0.1) is 14.0 Å². The Balaban J connectivity index is 2.85. The Kier molecular flexibility index (Phi) is 1.57. The van der Waals surface area contributed by atoms with Crippen LogP contribution < -0.4 is 0 Å². The summed E-state index contributed by atoms with van der Waals surface area (Å²) in [7, 11) is 1.29. The molecule has 0 aromatic heterocycles. The largest absolute Gasteiger partial charge is 0.469 e. The van der Waals surface area contributed by atoms with Crippen LogP contribution in [0.25, 0.3) is 0 Å². The van der Waals surface area contributed by atoms with E-state index in [4.69, 9.17) is 0 Å². The lowest BCUT2D eigenvalue weighted by molar-refractivity contribution is -0.135. The highest BCUT2D eigenvalue weighted by Gasteiger charge is 1.76. The molecule has 0 aliphatic rings. The minimum absolute atomic E-state index is 0.495. The van der Waals surface area contributed by atoms with Gasteiger partial charge < -0.3 is 4.74 Å². The summed E-state index contributed by atoms with van der Waals surface area (Å²) >= 11 is 0. The van der Waals surface area contributed by atoms with Crippen molar-refractivity contribution in [2.45, 2.75) is 0 Å². The summed E-state index contributed by atoms with van der Waals surface area (Å²) in [6.45, 7) is 2.90. The van der Waals surface area contributed by atoms with Gasteiger partial charge >= 0.3 is 5.97 Å². The predicted molar refractivity (Wildman–Crippen MR) is 17.4 cm³/mol. The van der Waals surface area contributed by atoms with Crippen molar-refractivity contribution in [3.63, 3.8) is 0 Å². The summed E-state index contributed by atoms with van der Waals surface area (Å²) in [5, 5.41) is 0. The maximum atomic E-state index is 9.48. The third kappa shape index (κ3) is 3.47. The van der Waals surface area contributed by atoms with E-state index >= 15 is 0 Å². The molecule has 0 fully saturated rings. The van der Waals surface area contributed by atoms with Crippen molar-refractivity contribution in [2.24, 2.45) is 0 Å². The highest BCUT2D eigenvalue weighted by Crippen LogP contribution is 1.59. The van der Waals surface area contributed by atoms with Crippen LogP contribution in [0.1, 0.15) is 0 Å². The Morgan fingerprint density at radius 1 is 2.00 bits per heavy atom. The number of methoxy groups -OCH3 is 1. The third-order valence-corrected chi connectivity index (χ3v) is 0.228. The van der Waals surface area contributed by atoms with Crippen molar-refractivity contribution in [1.82, 2.24) is 0 Å². The molecule has 2 nitrogen and oxygen atoms in total. The molecule has 0 atom stereocenters. The monoisotopic (exact) mass is 73.0 g/mol. The standard InChI is InChI=1S/C3H5O2/c1-3(4)5-2/h1H2,2H3. The van der Waals surface area contributed by atoms with Crippen LogP contribution in [0.3, 0.4) is 0 Å². The molecule has 0 bridgehead atoms. The molecule has 0 saturated heterocycles. The fraction of sp³-hybridized carbons (Fsp3) is 0.333. The zero-order valence-electron chi connectivity index (χ0n) is 3.02. The summed E-state index contributed by atoms with van der Waals surface area (Å²) in [6.07, 6.45) is 0. The fourth-order valence-corrected chi connectivity index (χ4v) is 0. The van der Waals surface area contributed by atoms with Crippen LogP contribution in [0.2, 0.25) is 0 Å². The molecule has 0 aromatic rings. The van der Waals surface area contributed by atoms with E-state index in [0.717, 1.165) is 0 Å². The zero-order chi connectivity index (χ0) is 4.28. The van der Waals surface area contributed by atoms with Crippen molar-refractivity contribution in [2.75, 3.05) is 7.11 Å². The van der Waals surface area contributed by atoms with E-state index in [9.17, 15) is 4.79 Å². The normalized spacial score (nSPS) is 6.80. The van der Waals surface area contributed by atoms with Crippen LogP contribution in [-0.4, -0.2) is 13.1 Å². The van der Waals surface area contributed by atoms with E-state index in [0.29, 0.717) is 0 Å². The molecular formula is C3H5O2. The number of carbonyl (C=O) groups excluding carboxylic acids is 1. The highest BCUT2D eigenvalue weighted by molar-refractivity contribution is 5.73. The van der Waals surface area contributed by atoms with Gasteiger partial charge in [-0.3, -0.25) is 4.79 Å². The van der Waals surface area contributed by atoms with E-state index in [-0.39, 0.29) is 0 Å². The highest BCUT2D eigenvalue weighted by atomic mass is 16.5. The van der Waals surface area contributed by atoms with E-state index in [1.165, 1.54) is 7.11 Å². The molecule has 0 aliphatic heterocycles. The predicted octanol–water partition coefficient (Wildman–Crippen LogP) is -0.00651. The number of hydrogen-bond donors (Lipinski definition) is 0. The van der Waals surface area contributed by atoms with Crippen LogP contribution in [0.5, 0.6) is 0 Å². The Hall–Kier alpha value is -0.530. The van der Waals surface area contributed by atoms with Gasteiger partial charge in [-0.1, -0.05) is 0 Å². The second kappa shape index (κ2) is 1.76. The van der Waals surface area contributed by atoms with Crippen molar-refractivity contribution in [3.05, 3.63) is 6.92 Å². The molecule has 0 saturated carbocycles. The molecule has 0 aliphatic carbocycles. The molecule has 0 spiro atoms. The molecule has 2 heteroatoms. The maximum absolute atomic E-state index is 9.48. The first-order valence-electron chi connectivity index (χ1n) is 1.17. The lowest BCUT2D eigenvalue weighted by Gasteiger charge is -1.80. The first kappa shape index (κ1) is 4.47. The van der Waals surface area contributed by atoms with Gasteiger partial charge in [0.15, 0.2) is 0 Å². The first-order chi connectivity index (χ1) is 2.27. The Labute approximate surface area is 30.7 Å². The minimum Gasteiger partial charge on any atom is -0.469 e. The van der Waals surface area contributed by atoms with Crippen LogP contribution in [0.4, 0.5) is 0 Å². The van der Waals surface area contributed by atoms with E-state index < -0.39 is 5.97 Å². The third-order valence-electron chi connectivity index (χ3n) is 0.228. The minimum atomic E-state index is -0.495. The van der Waals surface area contributed by atoms with Gasteiger partial charge in [0.2, 0.25) is 0 Å². The Bertz CT molecular complexity index is 40.2. The Morgan fingerprint density at radius 2 is 2.20 bits per heavy atom. The number of rotatable bonds is 0. The van der Waals surface area contributed by atoms with Gasteiger partial charge in [0, 0.05) is 0 Å². The smallest absolute Gasteiger partial charge is 0.306 e. The molecule has 0 heterocycles. The van der Waals surface area contributed by atoms with Crippen LogP contribution in [0.15, 0.2) is 0 Å². The molecule has 0 amide bonds. The zero-order valence-corrected chi connectivity index (χ0v) is 3.02. The number of hydrogen-bond acceptors (Lipinski definition) is 2. The van der Waals surface area contributed by atoms with Crippen molar-refractivity contribution in [1.29, 1.82) is 0 Å². The van der Waals surface area contributed by atoms with Gasteiger partial charge in [-0.2, -0.15) is 0 Å². The number of ether oxygens (including phenoxy) is 1. The SMILES string of the molecule is [CH2]C(=O)OC. The fourth-order valence-electron chi connectivity index (χ4n) is 0. The van der Waals surface area contributed by atoms with Gasteiger partial charge in [0.25, 0.3) is 0 Å². The summed E-state index contributed by atoms with van der Waals surface area (Å²) in [6, 6.07) is 0. The maximum Gasteiger partial charge on any atom is 0.306 e.